The first-order chi connectivity index (χ1) is 9.19. The molecule has 1 rings (SSSR count). The van der Waals surface area contributed by atoms with E-state index in [1.54, 1.807) is 31.4 Å². The Morgan fingerprint density at radius 1 is 1.42 bits per heavy atom. The Hall–Kier alpha value is -1.90. The molecule has 0 saturated carbocycles. The summed E-state index contributed by atoms with van der Waals surface area (Å²) in [6, 6.07) is 8.84. The van der Waals surface area contributed by atoms with Crippen molar-refractivity contribution in [1.29, 1.82) is 5.26 Å². The van der Waals surface area contributed by atoms with E-state index >= 15 is 0 Å². The summed E-state index contributed by atoms with van der Waals surface area (Å²) in [6.45, 7) is 4.47. The van der Waals surface area contributed by atoms with Gasteiger partial charge in [0.2, 0.25) is 5.91 Å². The Morgan fingerprint density at radius 3 is 2.63 bits per heavy atom. The minimum Gasteiger partial charge on any atom is -0.383 e. The molecule has 1 aromatic carbocycles. The predicted molar refractivity (Wildman–Crippen MR) is 73.8 cm³/mol. The standard InChI is InChI=1S/C14H19N3O2/c1-3-17(8-9-19-2)11-14(18)16-13-6-4-12(10-15)5-7-13/h4-7H,3,8-9,11H2,1-2H3,(H,16,18). The van der Waals surface area contributed by atoms with Gasteiger partial charge in [0.15, 0.2) is 0 Å². The second-order valence-corrected chi connectivity index (χ2v) is 4.10. The first-order valence-corrected chi connectivity index (χ1v) is 6.21. The maximum atomic E-state index is 11.8. The van der Waals surface area contributed by atoms with Crippen molar-refractivity contribution in [1.82, 2.24) is 4.90 Å². The summed E-state index contributed by atoms with van der Waals surface area (Å²) in [7, 11) is 1.64. The van der Waals surface area contributed by atoms with Crippen molar-refractivity contribution in [3.63, 3.8) is 0 Å². The quantitative estimate of drug-likeness (QED) is 0.807. The van der Waals surface area contributed by atoms with Crippen LogP contribution in [0, 0.1) is 11.3 Å². The maximum Gasteiger partial charge on any atom is 0.238 e. The highest BCUT2D eigenvalue weighted by Crippen LogP contribution is 2.08. The van der Waals surface area contributed by atoms with E-state index < -0.39 is 0 Å². The first kappa shape index (κ1) is 15.2. The number of nitriles is 1. The number of rotatable bonds is 7. The summed E-state index contributed by atoms with van der Waals surface area (Å²) in [5.41, 5.74) is 1.28. The number of carbonyl (C=O) groups excluding carboxylic acids is 1. The number of carbonyl (C=O) groups is 1. The molecule has 0 radical (unpaired) electrons. The molecule has 19 heavy (non-hydrogen) atoms. The zero-order chi connectivity index (χ0) is 14.1. The van der Waals surface area contributed by atoms with Gasteiger partial charge in [-0.15, -0.1) is 0 Å². The minimum absolute atomic E-state index is 0.0670. The summed E-state index contributed by atoms with van der Waals surface area (Å²) in [4.78, 5) is 13.8. The highest BCUT2D eigenvalue weighted by Gasteiger charge is 2.08. The highest BCUT2D eigenvalue weighted by atomic mass is 16.5. The normalized spacial score (nSPS) is 10.2. The molecule has 0 fully saturated rings. The Morgan fingerprint density at radius 2 is 2.11 bits per heavy atom. The number of nitrogens with one attached hydrogen (secondary N) is 1. The van der Waals surface area contributed by atoms with Crippen LogP contribution >= 0.6 is 0 Å². The van der Waals surface area contributed by atoms with Gasteiger partial charge in [0.1, 0.15) is 0 Å². The van der Waals surface area contributed by atoms with E-state index in [1.165, 1.54) is 0 Å². The third-order valence-corrected chi connectivity index (χ3v) is 2.72. The van der Waals surface area contributed by atoms with E-state index in [-0.39, 0.29) is 5.91 Å². The van der Waals surface area contributed by atoms with Crippen LogP contribution < -0.4 is 5.32 Å². The lowest BCUT2D eigenvalue weighted by Crippen LogP contribution is -2.35. The predicted octanol–water partition coefficient (Wildman–Crippen LogP) is 1.47. The average molecular weight is 261 g/mol. The summed E-state index contributed by atoms with van der Waals surface area (Å²) in [5, 5.41) is 11.5. The first-order valence-electron chi connectivity index (χ1n) is 6.21. The number of anilines is 1. The molecule has 0 spiro atoms. The van der Waals surface area contributed by atoms with Crippen molar-refractivity contribution in [2.24, 2.45) is 0 Å². The van der Waals surface area contributed by atoms with Gasteiger partial charge in [0, 0.05) is 19.3 Å². The van der Waals surface area contributed by atoms with Gasteiger partial charge in [-0.25, -0.2) is 0 Å². The Kier molecular flexibility index (Phi) is 6.58. The molecule has 0 aliphatic heterocycles. The summed E-state index contributed by atoms with van der Waals surface area (Å²) in [6.07, 6.45) is 0. The lowest BCUT2D eigenvalue weighted by molar-refractivity contribution is -0.117. The monoisotopic (exact) mass is 261 g/mol. The van der Waals surface area contributed by atoms with Crippen LogP contribution in [0.1, 0.15) is 12.5 Å². The number of amides is 1. The molecule has 1 aromatic rings. The van der Waals surface area contributed by atoms with Gasteiger partial charge < -0.3 is 10.1 Å². The Bertz CT molecular complexity index is 437. The van der Waals surface area contributed by atoms with Crippen LogP contribution in [0.15, 0.2) is 24.3 Å². The minimum atomic E-state index is -0.0670. The molecule has 102 valence electrons. The van der Waals surface area contributed by atoms with Gasteiger partial charge in [-0.3, -0.25) is 9.69 Å². The molecule has 0 aromatic heterocycles. The van der Waals surface area contributed by atoms with Crippen molar-refractivity contribution in [3.8, 4) is 6.07 Å². The maximum absolute atomic E-state index is 11.8. The van der Waals surface area contributed by atoms with E-state index in [0.717, 1.165) is 13.1 Å². The molecule has 0 heterocycles. The molecule has 0 aliphatic rings. The zero-order valence-electron chi connectivity index (χ0n) is 11.3. The Labute approximate surface area is 113 Å². The van der Waals surface area contributed by atoms with Gasteiger partial charge in [-0.05, 0) is 30.8 Å². The fourth-order valence-corrected chi connectivity index (χ4v) is 1.60. The van der Waals surface area contributed by atoms with Crippen LogP contribution in [0.2, 0.25) is 0 Å². The van der Waals surface area contributed by atoms with Crippen LogP contribution in [0.3, 0.4) is 0 Å². The fourth-order valence-electron chi connectivity index (χ4n) is 1.60. The van der Waals surface area contributed by atoms with Crippen molar-refractivity contribution in [3.05, 3.63) is 29.8 Å². The number of likely N-dealkylation sites (N-methyl/N-ethyl adjacent to an activating group) is 1. The second-order valence-electron chi connectivity index (χ2n) is 4.10. The topological polar surface area (TPSA) is 65.4 Å². The fraction of sp³-hybridized carbons (Fsp3) is 0.429. The molecule has 1 amide bonds. The number of hydrogen-bond donors (Lipinski definition) is 1. The molecular weight excluding hydrogens is 242 g/mol. The molecule has 0 aliphatic carbocycles. The molecule has 5 heteroatoms. The smallest absolute Gasteiger partial charge is 0.238 e. The van der Waals surface area contributed by atoms with Crippen molar-refractivity contribution < 1.29 is 9.53 Å². The summed E-state index contributed by atoms with van der Waals surface area (Å²) >= 11 is 0. The molecular formula is C14H19N3O2. The molecule has 5 nitrogen and oxygen atoms in total. The van der Waals surface area contributed by atoms with Gasteiger partial charge in [0.25, 0.3) is 0 Å². The average Bonchev–Trinajstić information content (AvgIpc) is 2.44. The number of hydrogen-bond acceptors (Lipinski definition) is 4. The van der Waals surface area contributed by atoms with Crippen LogP contribution in [0.4, 0.5) is 5.69 Å². The van der Waals surface area contributed by atoms with Crippen molar-refractivity contribution >= 4 is 11.6 Å². The molecule has 0 saturated heterocycles. The third kappa shape index (κ3) is 5.51. The molecule has 0 bridgehead atoms. The lowest BCUT2D eigenvalue weighted by Gasteiger charge is -2.19. The molecule has 0 unspecified atom stereocenters. The third-order valence-electron chi connectivity index (χ3n) is 2.72. The SMILES string of the molecule is CCN(CCOC)CC(=O)Nc1ccc(C#N)cc1. The van der Waals surface area contributed by atoms with Crippen molar-refractivity contribution in [2.45, 2.75) is 6.92 Å². The molecule has 1 N–H and O–H groups in total. The van der Waals surface area contributed by atoms with Crippen LogP contribution in [-0.4, -0.2) is 44.2 Å². The summed E-state index contributed by atoms with van der Waals surface area (Å²) in [5.74, 6) is -0.0670. The largest absolute Gasteiger partial charge is 0.383 e. The number of methoxy groups -OCH3 is 1. The van der Waals surface area contributed by atoms with Crippen LogP contribution in [0.5, 0.6) is 0 Å². The van der Waals surface area contributed by atoms with Crippen LogP contribution in [-0.2, 0) is 9.53 Å². The highest BCUT2D eigenvalue weighted by molar-refractivity contribution is 5.92. The van der Waals surface area contributed by atoms with Gasteiger partial charge in [0.05, 0.1) is 24.8 Å². The Balaban J connectivity index is 2.47. The van der Waals surface area contributed by atoms with Crippen molar-refractivity contribution in [2.75, 3.05) is 38.7 Å². The van der Waals surface area contributed by atoms with E-state index in [4.69, 9.17) is 10.00 Å². The second kappa shape index (κ2) is 8.25. The van der Waals surface area contributed by atoms with Gasteiger partial charge >= 0.3 is 0 Å². The lowest BCUT2D eigenvalue weighted by atomic mass is 10.2. The number of benzene rings is 1. The van der Waals surface area contributed by atoms with Gasteiger partial charge in [-0.1, -0.05) is 6.92 Å². The van der Waals surface area contributed by atoms with Crippen LogP contribution in [0.25, 0.3) is 0 Å². The van der Waals surface area contributed by atoms with E-state index in [2.05, 4.69) is 5.32 Å². The van der Waals surface area contributed by atoms with Gasteiger partial charge in [-0.2, -0.15) is 5.26 Å². The zero-order valence-corrected chi connectivity index (χ0v) is 11.3. The molecule has 0 atom stereocenters. The van der Waals surface area contributed by atoms with E-state index in [0.29, 0.717) is 24.4 Å². The number of nitrogens with zero attached hydrogens (tertiary/aromatic N) is 2. The van der Waals surface area contributed by atoms with E-state index in [1.807, 2.05) is 17.9 Å². The summed E-state index contributed by atoms with van der Waals surface area (Å²) < 4.78 is 5.00. The van der Waals surface area contributed by atoms with E-state index in [9.17, 15) is 4.79 Å². The number of ether oxygens (including phenoxy) is 1.